The van der Waals surface area contributed by atoms with E-state index in [4.69, 9.17) is 5.11 Å². The molecule has 128 valence electrons. The first-order chi connectivity index (χ1) is 11.1. The van der Waals surface area contributed by atoms with E-state index in [-0.39, 0.29) is 24.7 Å². The number of hydrogen-bond acceptors (Lipinski definition) is 3. The van der Waals surface area contributed by atoms with Crippen molar-refractivity contribution in [3.8, 4) is 0 Å². The summed E-state index contributed by atoms with van der Waals surface area (Å²) >= 11 is 0. The van der Waals surface area contributed by atoms with Crippen molar-refractivity contribution in [3.05, 3.63) is 35.9 Å². The van der Waals surface area contributed by atoms with Crippen LogP contribution in [0.1, 0.15) is 38.3 Å². The third-order valence-electron chi connectivity index (χ3n) is 4.55. The van der Waals surface area contributed by atoms with Crippen molar-refractivity contribution in [2.45, 2.75) is 38.8 Å². The first kappa shape index (κ1) is 17.8. The van der Waals surface area contributed by atoms with Gasteiger partial charge in [0, 0.05) is 6.54 Å². The Bertz CT molecular complexity index is 472. The first-order valence-corrected chi connectivity index (χ1v) is 8.54. The second kappa shape index (κ2) is 8.89. The molecule has 2 atom stereocenters. The standard InChI is InChI=1S/C18H29N3O2/c1-14-8-10-21(11-9-14)17(16-6-4-3-5-7-16)12-19-18(23)20-15(2)13-22/h3-7,14-15,17,22H,8-13H2,1-2H3,(H2,19,20,23). The molecule has 5 nitrogen and oxygen atoms in total. The summed E-state index contributed by atoms with van der Waals surface area (Å²) in [6, 6.07) is 10.1. The average molecular weight is 319 g/mol. The van der Waals surface area contributed by atoms with Crippen molar-refractivity contribution in [1.82, 2.24) is 15.5 Å². The van der Waals surface area contributed by atoms with Crippen LogP contribution in [0.15, 0.2) is 30.3 Å². The molecule has 2 rings (SSSR count). The molecule has 0 bridgehead atoms. The van der Waals surface area contributed by atoms with Gasteiger partial charge in [-0.25, -0.2) is 4.79 Å². The van der Waals surface area contributed by atoms with Crippen molar-refractivity contribution >= 4 is 6.03 Å². The zero-order valence-electron chi connectivity index (χ0n) is 14.2. The fraction of sp³-hybridized carbons (Fsp3) is 0.611. The molecule has 1 fully saturated rings. The summed E-state index contributed by atoms with van der Waals surface area (Å²) in [4.78, 5) is 14.4. The Kier molecular flexibility index (Phi) is 6.86. The minimum absolute atomic E-state index is 0.0560. The zero-order valence-corrected chi connectivity index (χ0v) is 14.2. The van der Waals surface area contributed by atoms with E-state index in [1.165, 1.54) is 18.4 Å². The summed E-state index contributed by atoms with van der Waals surface area (Å²) in [7, 11) is 0. The lowest BCUT2D eigenvalue weighted by atomic mass is 9.96. The number of hydrogen-bond donors (Lipinski definition) is 3. The van der Waals surface area contributed by atoms with Gasteiger partial charge in [-0.3, -0.25) is 4.90 Å². The van der Waals surface area contributed by atoms with E-state index in [2.05, 4.69) is 34.6 Å². The SMILES string of the molecule is CC1CCN(C(CNC(=O)NC(C)CO)c2ccccc2)CC1. The Hall–Kier alpha value is -1.59. The number of urea groups is 1. The Morgan fingerprint density at radius 2 is 1.96 bits per heavy atom. The van der Waals surface area contributed by atoms with E-state index in [1.54, 1.807) is 6.92 Å². The number of carbonyl (C=O) groups excluding carboxylic acids is 1. The molecule has 1 aliphatic heterocycles. The molecular formula is C18H29N3O2. The Balaban J connectivity index is 1.98. The highest BCUT2D eigenvalue weighted by atomic mass is 16.3. The average Bonchev–Trinajstić information content (AvgIpc) is 2.57. The van der Waals surface area contributed by atoms with Crippen LogP contribution >= 0.6 is 0 Å². The summed E-state index contributed by atoms with van der Waals surface area (Å²) in [5, 5.41) is 14.7. The number of piperidine rings is 1. The summed E-state index contributed by atoms with van der Waals surface area (Å²) in [5.41, 5.74) is 1.23. The van der Waals surface area contributed by atoms with Gasteiger partial charge in [0.15, 0.2) is 0 Å². The number of nitrogens with zero attached hydrogens (tertiary/aromatic N) is 1. The van der Waals surface area contributed by atoms with Crippen molar-refractivity contribution in [1.29, 1.82) is 0 Å². The van der Waals surface area contributed by atoms with Gasteiger partial charge in [-0.1, -0.05) is 37.3 Å². The van der Waals surface area contributed by atoms with Crippen LogP contribution < -0.4 is 10.6 Å². The minimum atomic E-state index is -0.235. The number of carbonyl (C=O) groups is 1. The number of rotatable bonds is 6. The molecule has 1 aromatic carbocycles. The first-order valence-electron chi connectivity index (χ1n) is 8.54. The smallest absolute Gasteiger partial charge is 0.315 e. The molecule has 1 heterocycles. The second-order valence-electron chi connectivity index (χ2n) is 6.58. The summed E-state index contributed by atoms with van der Waals surface area (Å²) < 4.78 is 0. The molecular weight excluding hydrogens is 290 g/mol. The molecule has 1 aromatic rings. The summed E-state index contributed by atoms with van der Waals surface area (Å²) in [6.07, 6.45) is 2.41. The fourth-order valence-electron chi connectivity index (χ4n) is 2.98. The molecule has 0 aromatic heterocycles. The van der Waals surface area contributed by atoms with Gasteiger partial charge in [0.1, 0.15) is 0 Å². The van der Waals surface area contributed by atoms with Crippen molar-refractivity contribution < 1.29 is 9.90 Å². The van der Waals surface area contributed by atoms with Crippen molar-refractivity contribution in [2.75, 3.05) is 26.2 Å². The van der Waals surface area contributed by atoms with Gasteiger partial charge < -0.3 is 15.7 Å². The molecule has 0 aliphatic carbocycles. The van der Waals surface area contributed by atoms with Crippen LogP contribution in [0.2, 0.25) is 0 Å². The van der Waals surface area contributed by atoms with Gasteiger partial charge >= 0.3 is 6.03 Å². The van der Waals surface area contributed by atoms with Crippen LogP contribution in [0.3, 0.4) is 0 Å². The number of aliphatic hydroxyl groups is 1. The maximum absolute atomic E-state index is 11.9. The highest BCUT2D eigenvalue weighted by Gasteiger charge is 2.25. The van der Waals surface area contributed by atoms with E-state index in [1.807, 2.05) is 18.2 Å². The monoisotopic (exact) mass is 319 g/mol. The van der Waals surface area contributed by atoms with Crippen LogP contribution in [0.5, 0.6) is 0 Å². The fourth-order valence-corrected chi connectivity index (χ4v) is 2.98. The molecule has 2 amide bonds. The normalized spacial score (nSPS) is 19.1. The number of amides is 2. The van der Waals surface area contributed by atoms with Gasteiger partial charge in [-0.2, -0.15) is 0 Å². The van der Waals surface area contributed by atoms with Gasteiger partial charge in [0.05, 0.1) is 18.7 Å². The number of nitrogens with one attached hydrogen (secondary N) is 2. The lowest BCUT2D eigenvalue weighted by Crippen LogP contribution is -2.46. The van der Waals surface area contributed by atoms with Gasteiger partial charge in [0.2, 0.25) is 0 Å². The zero-order chi connectivity index (χ0) is 16.7. The number of aliphatic hydroxyl groups excluding tert-OH is 1. The van der Waals surface area contributed by atoms with Gasteiger partial charge in [-0.05, 0) is 44.3 Å². The van der Waals surface area contributed by atoms with E-state index in [9.17, 15) is 4.79 Å². The molecule has 1 aliphatic rings. The molecule has 5 heteroatoms. The Morgan fingerprint density at radius 3 is 2.57 bits per heavy atom. The maximum atomic E-state index is 11.9. The Labute approximate surface area is 139 Å². The molecule has 2 unspecified atom stereocenters. The predicted octanol–water partition coefficient (Wildman–Crippen LogP) is 2.14. The van der Waals surface area contributed by atoms with E-state index < -0.39 is 0 Å². The van der Waals surface area contributed by atoms with Crippen LogP contribution in [0, 0.1) is 5.92 Å². The number of benzene rings is 1. The molecule has 0 saturated carbocycles. The largest absolute Gasteiger partial charge is 0.394 e. The summed E-state index contributed by atoms with van der Waals surface area (Å²) in [6.45, 7) is 6.73. The second-order valence-corrected chi connectivity index (χ2v) is 6.58. The van der Waals surface area contributed by atoms with Crippen LogP contribution in [-0.2, 0) is 0 Å². The van der Waals surface area contributed by atoms with E-state index in [0.29, 0.717) is 6.54 Å². The van der Waals surface area contributed by atoms with Crippen LogP contribution in [-0.4, -0.2) is 48.3 Å². The van der Waals surface area contributed by atoms with Gasteiger partial charge in [0.25, 0.3) is 0 Å². The highest BCUT2D eigenvalue weighted by molar-refractivity contribution is 5.74. The van der Waals surface area contributed by atoms with Gasteiger partial charge in [-0.15, -0.1) is 0 Å². The number of likely N-dealkylation sites (tertiary alicyclic amines) is 1. The third kappa shape index (κ3) is 5.52. The lowest BCUT2D eigenvalue weighted by Gasteiger charge is -2.37. The molecule has 0 spiro atoms. The molecule has 23 heavy (non-hydrogen) atoms. The van der Waals surface area contributed by atoms with Crippen LogP contribution in [0.4, 0.5) is 4.79 Å². The Morgan fingerprint density at radius 1 is 1.30 bits per heavy atom. The highest BCUT2D eigenvalue weighted by Crippen LogP contribution is 2.26. The van der Waals surface area contributed by atoms with E-state index in [0.717, 1.165) is 19.0 Å². The minimum Gasteiger partial charge on any atom is -0.394 e. The molecule has 1 saturated heterocycles. The topological polar surface area (TPSA) is 64.6 Å². The molecule has 3 N–H and O–H groups in total. The molecule has 0 radical (unpaired) electrons. The summed E-state index contributed by atoms with van der Waals surface area (Å²) in [5.74, 6) is 0.782. The van der Waals surface area contributed by atoms with Crippen molar-refractivity contribution in [3.63, 3.8) is 0 Å². The van der Waals surface area contributed by atoms with E-state index >= 15 is 0 Å². The van der Waals surface area contributed by atoms with Crippen molar-refractivity contribution in [2.24, 2.45) is 5.92 Å². The quantitative estimate of drug-likeness (QED) is 0.753. The predicted molar refractivity (Wildman–Crippen MR) is 92.2 cm³/mol. The maximum Gasteiger partial charge on any atom is 0.315 e. The lowest BCUT2D eigenvalue weighted by molar-refractivity contribution is 0.135. The third-order valence-corrected chi connectivity index (χ3v) is 4.55. The van der Waals surface area contributed by atoms with Crippen LogP contribution in [0.25, 0.3) is 0 Å².